The summed E-state index contributed by atoms with van der Waals surface area (Å²) in [6.07, 6.45) is 3.97. The van der Waals surface area contributed by atoms with Crippen molar-refractivity contribution in [3.05, 3.63) is 54.4 Å². The molecule has 30 heavy (non-hydrogen) atoms. The fraction of sp³-hybridized carbons (Fsp3) is 0.333. The van der Waals surface area contributed by atoms with Gasteiger partial charge in [0.1, 0.15) is 12.3 Å². The summed E-state index contributed by atoms with van der Waals surface area (Å²) in [7, 11) is 0. The van der Waals surface area contributed by atoms with Crippen molar-refractivity contribution in [2.45, 2.75) is 44.6 Å². The third-order valence-corrected chi connectivity index (χ3v) is 5.08. The lowest BCUT2D eigenvalue weighted by molar-refractivity contribution is -0.117. The molecule has 1 spiro atoms. The molecule has 1 N–H and O–H groups in total. The summed E-state index contributed by atoms with van der Waals surface area (Å²) in [4.78, 5) is 13.6. The Morgan fingerprint density at radius 2 is 1.90 bits per heavy atom. The number of carbonyl (C=O) groups excluding carboxylic acids is 1. The number of amides is 1. The van der Waals surface area contributed by atoms with Crippen molar-refractivity contribution in [2.75, 3.05) is 5.32 Å². The molecule has 1 aliphatic heterocycles. The number of anilines is 1. The largest absolute Gasteiger partial charge is 0.485 e. The van der Waals surface area contributed by atoms with Crippen molar-refractivity contribution < 1.29 is 19.0 Å². The molecule has 5 rings (SSSR count). The Balaban J connectivity index is 1.16. The van der Waals surface area contributed by atoms with E-state index in [1.165, 1.54) is 4.80 Å². The molecule has 1 aliphatic carbocycles. The van der Waals surface area contributed by atoms with Crippen LogP contribution in [-0.4, -0.2) is 31.9 Å². The van der Waals surface area contributed by atoms with Crippen LogP contribution in [0, 0.1) is 0 Å². The van der Waals surface area contributed by atoms with Crippen LogP contribution >= 0.6 is 0 Å². The quantitative estimate of drug-likeness (QED) is 0.670. The van der Waals surface area contributed by atoms with Gasteiger partial charge in [-0.2, -0.15) is 4.80 Å². The van der Waals surface area contributed by atoms with Gasteiger partial charge in [-0.15, -0.1) is 10.2 Å². The van der Waals surface area contributed by atoms with E-state index in [0.717, 1.165) is 31.4 Å². The highest BCUT2D eigenvalue weighted by Gasteiger charge is 2.44. The number of benzene rings is 2. The molecular formula is C21H21N5O4. The number of nitrogens with zero attached hydrogens (tertiary/aromatic N) is 4. The first kappa shape index (κ1) is 18.4. The van der Waals surface area contributed by atoms with E-state index in [0.29, 0.717) is 23.0 Å². The number of tetrazole rings is 1. The highest BCUT2D eigenvalue weighted by molar-refractivity contribution is 5.90. The number of carbonyl (C=O) groups is 1. The number of ether oxygens (including phenoxy) is 3. The molecule has 0 saturated heterocycles. The first-order valence-electron chi connectivity index (χ1n) is 9.94. The van der Waals surface area contributed by atoms with E-state index in [4.69, 9.17) is 14.2 Å². The van der Waals surface area contributed by atoms with Crippen LogP contribution in [0.1, 0.15) is 31.5 Å². The van der Waals surface area contributed by atoms with E-state index >= 15 is 0 Å². The Hall–Kier alpha value is -3.62. The number of para-hydroxylation sites is 1. The number of nitrogens with one attached hydrogen (secondary N) is 1. The molecule has 9 heteroatoms. The maximum absolute atomic E-state index is 12.4. The van der Waals surface area contributed by atoms with Crippen molar-refractivity contribution in [3.63, 3.8) is 0 Å². The second-order valence-electron chi connectivity index (χ2n) is 7.37. The van der Waals surface area contributed by atoms with Crippen LogP contribution in [0.25, 0.3) is 0 Å². The molecule has 1 aromatic heterocycles. The Kier molecular flexibility index (Phi) is 4.70. The summed E-state index contributed by atoms with van der Waals surface area (Å²) >= 11 is 0. The SMILES string of the molecule is O=C(Cn1nnc(COc2ccccc2)n1)Nc1ccc2c(c1)OC1(CCCC1)O2. The molecule has 0 unspecified atom stereocenters. The lowest BCUT2D eigenvalue weighted by Gasteiger charge is -2.21. The van der Waals surface area contributed by atoms with Gasteiger partial charge in [0.2, 0.25) is 11.7 Å². The maximum atomic E-state index is 12.4. The van der Waals surface area contributed by atoms with E-state index in [1.54, 1.807) is 12.1 Å². The lowest BCUT2D eigenvalue weighted by Crippen LogP contribution is -2.34. The predicted octanol–water partition coefficient (Wildman–Crippen LogP) is 2.93. The van der Waals surface area contributed by atoms with E-state index in [-0.39, 0.29) is 19.1 Å². The molecule has 0 atom stereocenters. The molecule has 1 amide bonds. The number of hydrogen-bond donors (Lipinski definition) is 1. The molecule has 9 nitrogen and oxygen atoms in total. The Labute approximate surface area is 172 Å². The summed E-state index contributed by atoms with van der Waals surface area (Å²) in [6, 6.07) is 14.8. The zero-order valence-corrected chi connectivity index (χ0v) is 16.3. The summed E-state index contributed by atoms with van der Waals surface area (Å²) < 4.78 is 17.6. The first-order valence-corrected chi connectivity index (χ1v) is 9.94. The minimum atomic E-state index is -0.520. The van der Waals surface area contributed by atoms with Gasteiger partial charge in [-0.05, 0) is 42.3 Å². The minimum absolute atomic E-state index is 0.0588. The third kappa shape index (κ3) is 3.91. The first-order chi connectivity index (χ1) is 14.7. The van der Waals surface area contributed by atoms with Gasteiger partial charge in [0, 0.05) is 24.6 Å². The molecule has 0 bridgehead atoms. The monoisotopic (exact) mass is 407 g/mol. The van der Waals surface area contributed by atoms with Crippen molar-refractivity contribution in [1.82, 2.24) is 20.2 Å². The molecule has 2 aromatic carbocycles. The van der Waals surface area contributed by atoms with Crippen LogP contribution in [0.4, 0.5) is 5.69 Å². The van der Waals surface area contributed by atoms with Gasteiger partial charge in [-0.25, -0.2) is 0 Å². The number of fused-ring (bicyclic) bond motifs is 1. The molecular weight excluding hydrogens is 386 g/mol. The summed E-state index contributed by atoms with van der Waals surface area (Å²) in [5.41, 5.74) is 0.630. The van der Waals surface area contributed by atoms with Crippen LogP contribution in [-0.2, 0) is 17.9 Å². The molecule has 154 valence electrons. The highest BCUT2D eigenvalue weighted by Crippen LogP contribution is 2.47. The van der Waals surface area contributed by atoms with Crippen LogP contribution in [0.5, 0.6) is 17.2 Å². The van der Waals surface area contributed by atoms with Crippen molar-refractivity contribution in [2.24, 2.45) is 0 Å². The van der Waals surface area contributed by atoms with Gasteiger partial charge in [0.15, 0.2) is 18.1 Å². The number of rotatable bonds is 6. The van der Waals surface area contributed by atoms with E-state index in [9.17, 15) is 4.79 Å². The minimum Gasteiger partial charge on any atom is -0.485 e. The Morgan fingerprint density at radius 3 is 2.73 bits per heavy atom. The summed E-state index contributed by atoms with van der Waals surface area (Å²) in [5.74, 6) is 1.71. The van der Waals surface area contributed by atoms with Gasteiger partial charge in [-0.3, -0.25) is 4.79 Å². The van der Waals surface area contributed by atoms with Crippen molar-refractivity contribution in [1.29, 1.82) is 0 Å². The van der Waals surface area contributed by atoms with Crippen molar-refractivity contribution >= 4 is 11.6 Å². The van der Waals surface area contributed by atoms with Crippen molar-refractivity contribution in [3.8, 4) is 17.2 Å². The van der Waals surface area contributed by atoms with Crippen LogP contribution in [0.2, 0.25) is 0 Å². The summed E-state index contributed by atoms with van der Waals surface area (Å²) in [6.45, 7) is 0.117. The van der Waals surface area contributed by atoms with Gasteiger partial charge < -0.3 is 19.5 Å². The fourth-order valence-corrected chi connectivity index (χ4v) is 3.68. The summed E-state index contributed by atoms with van der Waals surface area (Å²) in [5, 5.41) is 14.8. The standard InChI is InChI=1S/C21H21N5O4/c27-20(13-26-24-19(23-25-26)14-28-16-6-2-1-3-7-16)22-15-8-9-17-18(12-15)30-21(29-17)10-4-5-11-21/h1-3,6-9,12H,4-5,10-11,13-14H2,(H,22,27). The third-order valence-electron chi connectivity index (χ3n) is 5.08. The van der Waals surface area contributed by atoms with Crippen LogP contribution < -0.4 is 19.5 Å². The Morgan fingerprint density at radius 1 is 1.10 bits per heavy atom. The Bertz CT molecular complexity index is 1050. The topological polar surface area (TPSA) is 100 Å². The zero-order valence-electron chi connectivity index (χ0n) is 16.3. The normalized spacial score (nSPS) is 16.0. The van der Waals surface area contributed by atoms with Crippen LogP contribution in [0.3, 0.4) is 0 Å². The van der Waals surface area contributed by atoms with Gasteiger partial charge in [0.05, 0.1) is 0 Å². The molecule has 3 aromatic rings. The van der Waals surface area contributed by atoms with Gasteiger partial charge >= 0.3 is 0 Å². The molecule has 2 heterocycles. The molecule has 2 aliphatic rings. The van der Waals surface area contributed by atoms with E-state index in [2.05, 4.69) is 20.7 Å². The second kappa shape index (κ2) is 7.66. The highest BCUT2D eigenvalue weighted by atomic mass is 16.7. The van der Waals surface area contributed by atoms with Gasteiger partial charge in [-0.1, -0.05) is 18.2 Å². The zero-order chi connectivity index (χ0) is 20.4. The average molecular weight is 407 g/mol. The number of aromatic nitrogens is 4. The predicted molar refractivity (Wildman–Crippen MR) is 106 cm³/mol. The smallest absolute Gasteiger partial charge is 0.251 e. The second-order valence-corrected chi connectivity index (χ2v) is 7.37. The van der Waals surface area contributed by atoms with Gasteiger partial charge in [0.25, 0.3) is 5.79 Å². The average Bonchev–Trinajstić information content (AvgIpc) is 3.47. The van der Waals surface area contributed by atoms with Crippen LogP contribution in [0.15, 0.2) is 48.5 Å². The fourth-order valence-electron chi connectivity index (χ4n) is 3.68. The van der Waals surface area contributed by atoms with E-state index in [1.807, 2.05) is 36.4 Å². The molecule has 1 fully saturated rings. The molecule has 0 radical (unpaired) electrons. The molecule has 1 saturated carbocycles. The lowest BCUT2D eigenvalue weighted by atomic mass is 10.2. The maximum Gasteiger partial charge on any atom is 0.251 e. The number of hydrogen-bond acceptors (Lipinski definition) is 7. The van der Waals surface area contributed by atoms with E-state index < -0.39 is 5.79 Å².